The Morgan fingerprint density at radius 3 is 2.07 bits per heavy atom. The first-order chi connectivity index (χ1) is 13.0. The standard InChI is InChI=1S/C14H26N6O8/c1-6(28-3)10(13(24)25)18-14(26)17-8(4-9(16)21)12(23)20-19-11(22)7(15)5-27-2/h6-8,10H,4-5,15H2,1-3H3,(H2,16,21)(H,19,22)(H,20,23)(H,24,25)(H2,17,18,26). The summed E-state index contributed by atoms with van der Waals surface area (Å²) in [6, 6.07) is -5.05. The monoisotopic (exact) mass is 406 g/mol. The number of carbonyl (C=O) groups excluding carboxylic acids is 4. The predicted octanol–water partition coefficient (Wildman–Crippen LogP) is -3.86. The van der Waals surface area contributed by atoms with Gasteiger partial charge in [-0.05, 0) is 6.92 Å². The number of rotatable bonds is 11. The van der Waals surface area contributed by atoms with Crippen LogP contribution in [0.2, 0.25) is 0 Å². The van der Waals surface area contributed by atoms with Crippen molar-refractivity contribution in [2.75, 3.05) is 20.8 Å². The van der Waals surface area contributed by atoms with Crippen LogP contribution in [0.15, 0.2) is 0 Å². The van der Waals surface area contributed by atoms with Gasteiger partial charge < -0.3 is 36.7 Å². The van der Waals surface area contributed by atoms with Gasteiger partial charge in [0.15, 0.2) is 6.04 Å². The fourth-order valence-corrected chi connectivity index (χ4v) is 1.83. The van der Waals surface area contributed by atoms with Gasteiger partial charge in [-0.25, -0.2) is 9.59 Å². The molecule has 0 heterocycles. The van der Waals surface area contributed by atoms with Gasteiger partial charge in [0.05, 0.1) is 19.1 Å². The lowest BCUT2D eigenvalue weighted by atomic mass is 10.1. The third kappa shape index (κ3) is 9.11. The highest BCUT2D eigenvalue weighted by Gasteiger charge is 2.29. The number of methoxy groups -OCH3 is 2. The number of nitrogens with one attached hydrogen (secondary N) is 4. The zero-order valence-electron chi connectivity index (χ0n) is 15.7. The first-order valence-corrected chi connectivity index (χ1v) is 7.98. The summed E-state index contributed by atoms with van der Waals surface area (Å²) in [6.45, 7) is 1.30. The molecule has 0 aliphatic rings. The Labute approximate surface area is 160 Å². The molecule has 0 aromatic carbocycles. The number of nitrogens with two attached hydrogens (primary N) is 2. The minimum absolute atomic E-state index is 0.110. The van der Waals surface area contributed by atoms with Gasteiger partial charge in [-0.2, -0.15) is 0 Å². The summed E-state index contributed by atoms with van der Waals surface area (Å²) in [4.78, 5) is 58.1. The number of ether oxygens (including phenoxy) is 2. The largest absolute Gasteiger partial charge is 0.480 e. The molecule has 0 fully saturated rings. The fraction of sp³-hybridized carbons (Fsp3) is 0.643. The van der Waals surface area contributed by atoms with E-state index in [0.29, 0.717) is 0 Å². The molecular formula is C14H26N6O8. The maximum atomic E-state index is 12.1. The summed E-state index contributed by atoms with van der Waals surface area (Å²) < 4.78 is 9.54. The number of aliphatic carboxylic acids is 1. The average molecular weight is 406 g/mol. The van der Waals surface area contributed by atoms with E-state index >= 15 is 0 Å². The molecule has 0 aliphatic heterocycles. The highest BCUT2D eigenvalue weighted by atomic mass is 16.5. The molecule has 0 aliphatic carbocycles. The van der Waals surface area contributed by atoms with Crippen molar-refractivity contribution in [1.29, 1.82) is 0 Å². The topological polar surface area (TPSA) is 224 Å². The summed E-state index contributed by atoms with van der Waals surface area (Å²) >= 11 is 0. The Kier molecular flexibility index (Phi) is 11.1. The van der Waals surface area contributed by atoms with Crippen LogP contribution in [0, 0.1) is 0 Å². The zero-order chi connectivity index (χ0) is 21.9. The molecule has 0 bridgehead atoms. The minimum atomic E-state index is -1.50. The van der Waals surface area contributed by atoms with Crippen LogP contribution in [0.1, 0.15) is 13.3 Å². The van der Waals surface area contributed by atoms with Crippen LogP contribution in [-0.4, -0.2) is 79.9 Å². The molecule has 5 amide bonds. The van der Waals surface area contributed by atoms with Gasteiger partial charge in [0.1, 0.15) is 12.1 Å². The maximum Gasteiger partial charge on any atom is 0.328 e. The zero-order valence-corrected chi connectivity index (χ0v) is 15.7. The Balaban J connectivity index is 4.94. The quantitative estimate of drug-likeness (QED) is 0.166. The third-order valence-corrected chi connectivity index (χ3v) is 3.41. The molecule has 160 valence electrons. The van der Waals surface area contributed by atoms with Crippen LogP contribution >= 0.6 is 0 Å². The number of urea groups is 1. The van der Waals surface area contributed by atoms with Gasteiger partial charge in [-0.3, -0.25) is 25.2 Å². The Bertz CT molecular complexity index is 586. The van der Waals surface area contributed by atoms with Crippen LogP contribution in [0.3, 0.4) is 0 Å². The molecule has 14 nitrogen and oxygen atoms in total. The predicted molar refractivity (Wildman–Crippen MR) is 93.3 cm³/mol. The van der Waals surface area contributed by atoms with Gasteiger partial charge in [0, 0.05) is 14.2 Å². The van der Waals surface area contributed by atoms with Crippen molar-refractivity contribution in [2.45, 2.75) is 37.6 Å². The van der Waals surface area contributed by atoms with Gasteiger partial charge >= 0.3 is 12.0 Å². The van der Waals surface area contributed by atoms with Gasteiger partial charge in [-0.1, -0.05) is 0 Å². The van der Waals surface area contributed by atoms with Crippen LogP contribution in [0.5, 0.6) is 0 Å². The summed E-state index contributed by atoms with van der Waals surface area (Å²) in [7, 11) is 2.58. The van der Waals surface area contributed by atoms with Crippen molar-refractivity contribution in [3.63, 3.8) is 0 Å². The Morgan fingerprint density at radius 1 is 1.04 bits per heavy atom. The molecule has 0 rings (SSSR count). The number of primary amides is 1. The van der Waals surface area contributed by atoms with E-state index in [-0.39, 0.29) is 6.61 Å². The molecule has 28 heavy (non-hydrogen) atoms. The second-order valence-electron chi connectivity index (χ2n) is 5.64. The van der Waals surface area contributed by atoms with E-state index in [9.17, 15) is 24.0 Å². The van der Waals surface area contributed by atoms with Gasteiger partial charge in [0.2, 0.25) is 5.91 Å². The lowest BCUT2D eigenvalue weighted by molar-refractivity contribution is -0.142. The highest BCUT2D eigenvalue weighted by Crippen LogP contribution is 1.99. The van der Waals surface area contributed by atoms with Crippen molar-refractivity contribution in [3.05, 3.63) is 0 Å². The van der Waals surface area contributed by atoms with E-state index in [0.717, 1.165) is 0 Å². The lowest BCUT2D eigenvalue weighted by Crippen LogP contribution is -2.59. The number of carboxylic acid groups (broad SMARTS) is 1. The number of carbonyl (C=O) groups is 5. The molecular weight excluding hydrogens is 380 g/mol. The first kappa shape index (κ1) is 25.0. The van der Waals surface area contributed by atoms with Crippen molar-refractivity contribution in [1.82, 2.24) is 21.5 Å². The second-order valence-corrected chi connectivity index (χ2v) is 5.64. The molecule has 9 N–H and O–H groups in total. The number of hydrogen-bond donors (Lipinski definition) is 7. The minimum Gasteiger partial charge on any atom is -0.480 e. The van der Waals surface area contributed by atoms with E-state index < -0.39 is 60.4 Å². The van der Waals surface area contributed by atoms with Crippen molar-refractivity contribution >= 4 is 29.7 Å². The van der Waals surface area contributed by atoms with E-state index in [1.54, 1.807) is 0 Å². The molecule has 4 unspecified atom stereocenters. The summed E-state index contributed by atoms with van der Waals surface area (Å²) in [5.74, 6) is -4.07. The summed E-state index contributed by atoms with van der Waals surface area (Å²) in [5.41, 5.74) is 14.5. The normalized spacial score (nSPS) is 14.7. The van der Waals surface area contributed by atoms with Crippen molar-refractivity contribution in [2.24, 2.45) is 11.5 Å². The average Bonchev–Trinajstić information content (AvgIpc) is 2.62. The number of hydrazine groups is 1. The van der Waals surface area contributed by atoms with E-state index in [2.05, 4.69) is 15.4 Å². The van der Waals surface area contributed by atoms with Crippen LogP contribution in [0.25, 0.3) is 0 Å². The van der Waals surface area contributed by atoms with Crippen LogP contribution < -0.4 is 33.0 Å². The van der Waals surface area contributed by atoms with Gasteiger partial charge in [0.25, 0.3) is 11.8 Å². The summed E-state index contributed by atoms with van der Waals surface area (Å²) in [5, 5.41) is 13.3. The number of amides is 5. The summed E-state index contributed by atoms with van der Waals surface area (Å²) in [6.07, 6.45) is -1.50. The highest BCUT2D eigenvalue weighted by molar-refractivity contribution is 5.93. The molecule has 0 spiro atoms. The SMILES string of the molecule is COCC(N)C(=O)NNC(=O)C(CC(N)=O)NC(=O)NC(C(=O)O)C(C)OC. The molecule has 0 saturated heterocycles. The van der Waals surface area contributed by atoms with Crippen molar-refractivity contribution < 1.29 is 38.6 Å². The molecule has 0 radical (unpaired) electrons. The number of carboxylic acids is 1. The first-order valence-electron chi connectivity index (χ1n) is 7.98. The smallest absolute Gasteiger partial charge is 0.328 e. The lowest BCUT2D eigenvalue weighted by Gasteiger charge is -2.23. The third-order valence-electron chi connectivity index (χ3n) is 3.41. The molecule has 0 aromatic rings. The molecule has 0 saturated carbocycles. The molecule has 14 heteroatoms. The van der Waals surface area contributed by atoms with Crippen LogP contribution in [0.4, 0.5) is 4.79 Å². The van der Waals surface area contributed by atoms with E-state index in [1.165, 1.54) is 21.1 Å². The van der Waals surface area contributed by atoms with Crippen molar-refractivity contribution in [3.8, 4) is 0 Å². The Morgan fingerprint density at radius 2 is 1.61 bits per heavy atom. The fourth-order valence-electron chi connectivity index (χ4n) is 1.83. The van der Waals surface area contributed by atoms with E-state index in [4.69, 9.17) is 21.3 Å². The van der Waals surface area contributed by atoms with E-state index in [1.807, 2.05) is 10.9 Å². The van der Waals surface area contributed by atoms with Crippen LogP contribution in [-0.2, 0) is 28.7 Å². The maximum absolute atomic E-state index is 12.1. The Hall–Kier alpha value is -2.97. The van der Waals surface area contributed by atoms with Gasteiger partial charge in [-0.15, -0.1) is 0 Å². The molecule has 4 atom stereocenters. The molecule has 0 aromatic heterocycles. The number of hydrogen-bond acceptors (Lipinski definition) is 8. The second kappa shape index (κ2) is 12.4.